The zero-order chi connectivity index (χ0) is 18.2. The van der Waals surface area contributed by atoms with Gasteiger partial charge in [0.2, 0.25) is 5.78 Å². The summed E-state index contributed by atoms with van der Waals surface area (Å²) < 4.78 is 1.46. The molecule has 2 saturated carbocycles. The summed E-state index contributed by atoms with van der Waals surface area (Å²) in [5.41, 5.74) is 0.980. The van der Waals surface area contributed by atoms with Crippen molar-refractivity contribution in [2.75, 3.05) is 0 Å². The van der Waals surface area contributed by atoms with Crippen LogP contribution in [0, 0.1) is 63.7 Å². The Morgan fingerprint density at radius 3 is 2.04 bits per heavy atom. The topological polar surface area (TPSA) is 47.8 Å². The predicted octanol–water partition coefficient (Wildman–Crippen LogP) is 4.08. The molecule has 2 aliphatic rings. The minimum absolute atomic E-state index is 0. The molecule has 6 heteroatoms. The van der Waals surface area contributed by atoms with Crippen molar-refractivity contribution >= 4 is 23.1 Å². The number of aromatic nitrogens is 3. The zero-order valence-electron chi connectivity index (χ0n) is 14.2. The summed E-state index contributed by atoms with van der Waals surface area (Å²) in [4.78, 5) is 16.6. The summed E-state index contributed by atoms with van der Waals surface area (Å²) >= 11 is 5.86. The Balaban J connectivity index is 0.000000379. The number of hydrogen-bond acceptors (Lipinski definition) is 3. The minimum atomic E-state index is -0.140. The van der Waals surface area contributed by atoms with E-state index in [-0.39, 0.29) is 22.9 Å². The van der Waals surface area contributed by atoms with Crippen LogP contribution < -0.4 is 0 Å². The Labute approximate surface area is 176 Å². The molecule has 2 fully saturated rings. The van der Waals surface area contributed by atoms with E-state index >= 15 is 0 Å². The van der Waals surface area contributed by atoms with Gasteiger partial charge in [0, 0.05) is 16.5 Å². The van der Waals surface area contributed by atoms with E-state index < -0.39 is 0 Å². The molecule has 4 nitrogen and oxygen atoms in total. The van der Waals surface area contributed by atoms with Gasteiger partial charge in [0.15, 0.2) is 0 Å². The summed E-state index contributed by atoms with van der Waals surface area (Å²) in [6.45, 7) is 0. The van der Waals surface area contributed by atoms with Crippen LogP contribution in [0.3, 0.4) is 0 Å². The maximum atomic E-state index is 12.7. The molecule has 27 heavy (non-hydrogen) atoms. The van der Waals surface area contributed by atoms with Gasteiger partial charge in [0.05, 0.1) is 0 Å². The summed E-state index contributed by atoms with van der Waals surface area (Å²) in [5, 5.41) is 4.64. The average molecular weight is 418 g/mol. The van der Waals surface area contributed by atoms with Crippen molar-refractivity contribution < 1.29 is 21.9 Å². The number of hydrogen-bond donors (Lipinski definition) is 0. The van der Waals surface area contributed by atoms with Crippen molar-refractivity contribution in [3.63, 3.8) is 0 Å². The third-order valence-corrected chi connectivity index (χ3v) is 3.80. The van der Waals surface area contributed by atoms with Crippen LogP contribution in [-0.4, -0.2) is 20.5 Å². The second kappa shape index (κ2) is 11.4. The van der Waals surface area contributed by atoms with Crippen LogP contribution in [-0.2, 0) is 17.1 Å². The van der Waals surface area contributed by atoms with E-state index in [1.165, 1.54) is 17.3 Å². The molecular formula is C21H16ClFeN3O+2. The number of halogens is 1. The van der Waals surface area contributed by atoms with E-state index in [1.54, 1.807) is 30.3 Å². The van der Waals surface area contributed by atoms with E-state index in [2.05, 4.69) is 10.1 Å². The summed E-state index contributed by atoms with van der Waals surface area (Å²) in [6, 6.07) is 6.77. The molecule has 10 radical (unpaired) electrons. The predicted molar refractivity (Wildman–Crippen MR) is 102 cm³/mol. The number of Topliss-reactive ketones (excluding diaryl/α,β-unsaturated/α-hetero) is 1. The number of carbonyl (C=O) groups is 1. The van der Waals surface area contributed by atoms with Crippen molar-refractivity contribution in [1.82, 2.24) is 14.8 Å². The van der Waals surface area contributed by atoms with Gasteiger partial charge in [0.1, 0.15) is 18.4 Å². The maximum absolute atomic E-state index is 12.7. The van der Waals surface area contributed by atoms with Crippen molar-refractivity contribution in [2.45, 2.75) is 0 Å². The van der Waals surface area contributed by atoms with Gasteiger partial charge >= 0.3 is 17.1 Å². The zero-order valence-corrected chi connectivity index (χ0v) is 16.1. The van der Waals surface area contributed by atoms with Crippen molar-refractivity contribution in [2.24, 2.45) is 0 Å². The van der Waals surface area contributed by atoms with Crippen molar-refractivity contribution in [3.8, 4) is 0 Å². The van der Waals surface area contributed by atoms with Gasteiger partial charge in [0.25, 0.3) is 0 Å². The molecule has 0 spiro atoms. The van der Waals surface area contributed by atoms with E-state index in [4.69, 9.17) is 11.6 Å². The van der Waals surface area contributed by atoms with E-state index in [0.717, 1.165) is 5.92 Å². The molecule has 0 unspecified atom stereocenters. The normalized spacial score (nSPS) is 17.1. The van der Waals surface area contributed by atoms with Gasteiger partial charge in [-0.2, -0.15) is 5.10 Å². The summed E-state index contributed by atoms with van der Waals surface area (Å²) in [7, 11) is 0. The van der Waals surface area contributed by atoms with Crippen LogP contribution in [0.5, 0.6) is 0 Å². The Morgan fingerprint density at radius 2 is 1.52 bits per heavy atom. The molecule has 0 N–H and O–H groups in total. The third kappa shape index (κ3) is 6.60. The minimum Gasteiger partial charge on any atom is -0.287 e. The van der Waals surface area contributed by atoms with Crippen LogP contribution in [0.15, 0.2) is 43.0 Å². The first-order valence-electron chi connectivity index (χ1n) is 7.99. The second-order valence-corrected chi connectivity index (χ2v) is 5.82. The van der Waals surface area contributed by atoms with Gasteiger partial charge in [-0.25, -0.2) is 9.67 Å². The SMILES string of the molecule is O=C(/C(=C/[C]1[CH][CH][CH][CH]1)n1cncn1)c1ccc(Cl)cc1.[CH]1[CH][CH][CH][CH]1.[Fe+2]. The monoisotopic (exact) mass is 417 g/mol. The third-order valence-electron chi connectivity index (χ3n) is 3.55. The fourth-order valence-corrected chi connectivity index (χ4v) is 2.41. The van der Waals surface area contributed by atoms with E-state index in [0.29, 0.717) is 16.3 Å². The van der Waals surface area contributed by atoms with Gasteiger partial charge in [-0.3, -0.25) is 4.79 Å². The number of benzene rings is 1. The number of rotatable bonds is 4. The maximum Gasteiger partial charge on any atom is 2.00 e. The van der Waals surface area contributed by atoms with Crippen LogP contribution >= 0.6 is 11.6 Å². The van der Waals surface area contributed by atoms with Gasteiger partial charge < -0.3 is 0 Å². The number of allylic oxidation sites excluding steroid dienone is 2. The van der Waals surface area contributed by atoms with Gasteiger partial charge in [-0.1, -0.05) is 11.6 Å². The Kier molecular flexibility index (Phi) is 9.26. The second-order valence-electron chi connectivity index (χ2n) is 5.39. The molecule has 0 bridgehead atoms. The first-order valence-corrected chi connectivity index (χ1v) is 8.37. The molecular weight excluding hydrogens is 402 g/mol. The fourth-order valence-electron chi connectivity index (χ4n) is 2.28. The van der Waals surface area contributed by atoms with Gasteiger partial charge in [-0.15, -0.1) is 0 Å². The quantitative estimate of drug-likeness (QED) is 0.428. The first-order chi connectivity index (χ1) is 12.7. The molecule has 0 atom stereocenters. The first kappa shape index (κ1) is 21.9. The summed E-state index contributed by atoms with van der Waals surface area (Å²) in [5.74, 6) is 0.793. The van der Waals surface area contributed by atoms with Crippen LogP contribution in [0.4, 0.5) is 0 Å². The molecule has 0 aliphatic heterocycles. The molecule has 2 aliphatic carbocycles. The molecule has 1 aromatic heterocycles. The fraction of sp³-hybridized carbons (Fsp3) is 0. The van der Waals surface area contributed by atoms with E-state index in [9.17, 15) is 4.79 Å². The molecule has 0 amide bonds. The molecule has 134 valence electrons. The molecule has 0 saturated heterocycles. The Bertz CT molecular complexity index is 711. The average Bonchev–Trinajstić information content (AvgIpc) is 3.45. The van der Waals surface area contributed by atoms with Crippen LogP contribution in [0.2, 0.25) is 5.02 Å². The Hall–Kier alpha value is -1.42. The Morgan fingerprint density at radius 1 is 0.926 bits per heavy atom. The van der Waals surface area contributed by atoms with Crippen molar-refractivity contribution in [1.29, 1.82) is 0 Å². The number of nitrogens with zero attached hydrogens (tertiary/aromatic N) is 3. The van der Waals surface area contributed by atoms with Crippen molar-refractivity contribution in [3.05, 3.63) is 117 Å². The number of ketones is 1. The van der Waals surface area contributed by atoms with Crippen LogP contribution in [0.1, 0.15) is 10.4 Å². The molecule has 1 aromatic carbocycles. The molecule has 2 aromatic rings. The number of carbonyl (C=O) groups excluding carboxylic acids is 1. The largest absolute Gasteiger partial charge is 2.00 e. The smallest absolute Gasteiger partial charge is 0.287 e. The summed E-state index contributed by atoms with van der Waals surface area (Å²) in [6.07, 6.45) is 22.4. The standard InChI is InChI=1S/C16H11ClN3O.C5H5.Fe/c17-14-7-5-13(6-8-14)16(21)15(20-11-18-10-19-20)9-12-3-1-2-4-12;1-2-4-5-3-1;/h1-11H;1-5H;/q;;+2/b15-9-;;. The molecule has 1 heterocycles. The van der Waals surface area contributed by atoms with Gasteiger partial charge in [-0.05, 0) is 88.1 Å². The molecule has 4 rings (SSSR count). The van der Waals surface area contributed by atoms with Crippen LogP contribution in [0.25, 0.3) is 5.70 Å². The van der Waals surface area contributed by atoms with E-state index in [1.807, 2.05) is 57.8 Å².